The van der Waals surface area contributed by atoms with Crippen molar-refractivity contribution in [2.75, 3.05) is 19.5 Å². The summed E-state index contributed by atoms with van der Waals surface area (Å²) in [6.45, 7) is 3.93. The number of rotatable bonds is 6. The van der Waals surface area contributed by atoms with Gasteiger partial charge in [0.1, 0.15) is 23.3 Å². The average Bonchev–Trinajstić information content (AvgIpc) is 3.41. The lowest BCUT2D eigenvalue weighted by molar-refractivity contribution is 0.0955. The monoisotopic (exact) mass is 453 g/mol. The van der Waals surface area contributed by atoms with Crippen LogP contribution in [-0.4, -0.2) is 44.6 Å². The zero-order valence-corrected chi connectivity index (χ0v) is 19.2. The molecule has 1 unspecified atom stereocenters. The Balaban J connectivity index is 1.81. The first-order valence-electron chi connectivity index (χ1n) is 10.0. The second kappa shape index (κ2) is 8.51. The molecule has 0 aliphatic heterocycles. The highest BCUT2D eigenvalue weighted by molar-refractivity contribution is 6.32. The summed E-state index contributed by atoms with van der Waals surface area (Å²) < 4.78 is 7.65. The maximum Gasteiger partial charge on any atom is 0.267 e. The number of aromatic nitrogens is 5. The molecule has 32 heavy (non-hydrogen) atoms. The third-order valence-corrected chi connectivity index (χ3v) is 5.89. The van der Waals surface area contributed by atoms with Gasteiger partial charge in [0.05, 0.1) is 19.5 Å². The molecule has 166 valence electrons. The van der Waals surface area contributed by atoms with Crippen molar-refractivity contribution in [1.29, 1.82) is 0 Å². The summed E-state index contributed by atoms with van der Waals surface area (Å²) in [5.41, 5.74) is 5.23. The minimum absolute atomic E-state index is 0.167. The van der Waals surface area contributed by atoms with E-state index in [0.29, 0.717) is 33.4 Å². The molecule has 9 nitrogen and oxygen atoms in total. The Hall–Kier alpha value is -3.59. The van der Waals surface area contributed by atoms with Gasteiger partial charge in [-0.15, -0.1) is 0 Å². The third kappa shape index (κ3) is 3.64. The van der Waals surface area contributed by atoms with Gasteiger partial charge in [-0.1, -0.05) is 11.6 Å². The van der Waals surface area contributed by atoms with Crippen LogP contribution in [0.4, 0.5) is 5.82 Å². The first kappa shape index (κ1) is 21.6. The van der Waals surface area contributed by atoms with E-state index in [1.807, 2.05) is 39.2 Å². The lowest BCUT2D eigenvalue weighted by atomic mass is 9.95. The summed E-state index contributed by atoms with van der Waals surface area (Å²) in [5, 5.41) is 6.65. The molecule has 1 atom stereocenters. The quantitative estimate of drug-likeness (QED) is 0.409. The molecular formula is C22H24ClN7O2. The van der Waals surface area contributed by atoms with Crippen LogP contribution in [0.5, 0.6) is 5.75 Å². The summed E-state index contributed by atoms with van der Waals surface area (Å²) in [6, 6.07) is 3.51. The largest absolute Gasteiger partial charge is 0.496 e. The number of hydrogen-bond acceptors (Lipinski definition) is 6. The molecule has 0 radical (unpaired) electrons. The molecule has 3 N–H and O–H groups in total. The molecular weight excluding hydrogens is 430 g/mol. The van der Waals surface area contributed by atoms with E-state index in [-0.39, 0.29) is 11.9 Å². The Morgan fingerprint density at radius 3 is 2.78 bits per heavy atom. The Bertz CT molecular complexity index is 1310. The topological polar surface area (TPSA) is 110 Å². The van der Waals surface area contributed by atoms with E-state index in [1.54, 1.807) is 25.1 Å². The zero-order chi connectivity index (χ0) is 23.0. The van der Waals surface area contributed by atoms with Gasteiger partial charge in [-0.05, 0) is 31.5 Å². The number of anilines is 1. The van der Waals surface area contributed by atoms with E-state index in [0.717, 1.165) is 22.3 Å². The number of aromatic amines is 1. The number of amides is 1. The van der Waals surface area contributed by atoms with Gasteiger partial charge >= 0.3 is 0 Å². The van der Waals surface area contributed by atoms with E-state index >= 15 is 0 Å². The molecule has 0 bridgehead atoms. The number of methoxy groups -OCH3 is 1. The maximum atomic E-state index is 12.2. The Morgan fingerprint density at radius 1 is 1.28 bits per heavy atom. The van der Waals surface area contributed by atoms with E-state index in [4.69, 9.17) is 16.3 Å². The lowest BCUT2D eigenvalue weighted by Gasteiger charge is -2.22. The molecule has 0 fully saturated rings. The fourth-order valence-corrected chi connectivity index (χ4v) is 4.05. The molecule has 0 aliphatic rings. The maximum absolute atomic E-state index is 12.2. The Kier molecular flexibility index (Phi) is 5.75. The predicted octanol–water partition coefficient (Wildman–Crippen LogP) is 3.86. The van der Waals surface area contributed by atoms with E-state index in [2.05, 4.69) is 30.6 Å². The molecule has 1 amide bonds. The number of halogens is 1. The van der Waals surface area contributed by atoms with Crippen LogP contribution in [0.25, 0.3) is 22.3 Å². The summed E-state index contributed by atoms with van der Waals surface area (Å²) in [5.74, 6) is 1.11. The number of H-pyrrole nitrogens is 1. The summed E-state index contributed by atoms with van der Waals surface area (Å²) >= 11 is 6.65. The van der Waals surface area contributed by atoms with Crippen molar-refractivity contribution in [2.24, 2.45) is 7.05 Å². The fourth-order valence-electron chi connectivity index (χ4n) is 3.84. The molecule has 4 aromatic rings. The van der Waals surface area contributed by atoms with E-state index < -0.39 is 0 Å². The van der Waals surface area contributed by atoms with Crippen molar-refractivity contribution >= 4 is 34.5 Å². The number of benzene rings is 1. The van der Waals surface area contributed by atoms with Crippen LogP contribution >= 0.6 is 11.6 Å². The fraction of sp³-hybridized carbons (Fsp3) is 0.273. The first-order valence-corrected chi connectivity index (χ1v) is 10.4. The molecule has 0 spiro atoms. The number of fused-ring (bicyclic) bond motifs is 1. The predicted molar refractivity (Wildman–Crippen MR) is 124 cm³/mol. The Labute approximate surface area is 190 Å². The average molecular weight is 454 g/mol. The molecule has 0 saturated heterocycles. The lowest BCUT2D eigenvalue weighted by Crippen LogP contribution is -2.20. The number of nitrogens with zero attached hydrogens (tertiary/aromatic N) is 4. The van der Waals surface area contributed by atoms with Crippen LogP contribution in [-0.2, 0) is 7.05 Å². The van der Waals surface area contributed by atoms with Gasteiger partial charge in [0.25, 0.3) is 5.91 Å². The van der Waals surface area contributed by atoms with Gasteiger partial charge in [-0.3, -0.25) is 4.79 Å². The van der Waals surface area contributed by atoms with Gasteiger partial charge in [-0.25, -0.2) is 15.0 Å². The molecule has 10 heteroatoms. The highest BCUT2D eigenvalue weighted by Crippen LogP contribution is 2.43. The minimum Gasteiger partial charge on any atom is -0.496 e. The van der Waals surface area contributed by atoms with Crippen molar-refractivity contribution in [2.45, 2.75) is 19.9 Å². The summed E-state index contributed by atoms with van der Waals surface area (Å²) in [6.07, 6.45) is 4.95. The Morgan fingerprint density at radius 2 is 2.06 bits per heavy atom. The van der Waals surface area contributed by atoms with Crippen molar-refractivity contribution in [3.05, 3.63) is 52.8 Å². The highest BCUT2D eigenvalue weighted by atomic mass is 35.5. The molecule has 0 saturated carbocycles. The van der Waals surface area contributed by atoms with Crippen LogP contribution in [0.1, 0.15) is 34.6 Å². The number of aryl methyl sites for hydroxylation is 1. The van der Waals surface area contributed by atoms with Gasteiger partial charge in [0, 0.05) is 42.0 Å². The van der Waals surface area contributed by atoms with E-state index in [1.165, 1.54) is 6.33 Å². The molecule has 3 aromatic heterocycles. The zero-order valence-electron chi connectivity index (χ0n) is 18.4. The second-order valence-corrected chi connectivity index (χ2v) is 7.88. The standard InChI is InChI=1S/C22H24ClN7O2/c1-11-15(23)7-14(12(2)29-21-18-20(26-9-25-18)27-10-28-21)19(32-5)17(11)13-6-16(22(31)24-3)30(4)8-13/h6-10,12H,1-5H3,(H,24,31)(H2,25,26,27,28,29). The third-order valence-electron chi connectivity index (χ3n) is 5.50. The van der Waals surface area contributed by atoms with Crippen LogP contribution in [0.15, 0.2) is 31.0 Å². The number of carbonyl (C=O) groups is 1. The number of hydrogen-bond donors (Lipinski definition) is 3. The number of ether oxygens (including phenoxy) is 1. The minimum atomic E-state index is -0.210. The number of imidazole rings is 1. The van der Waals surface area contributed by atoms with Crippen molar-refractivity contribution < 1.29 is 9.53 Å². The number of nitrogens with one attached hydrogen (secondary N) is 3. The normalized spacial score (nSPS) is 12.1. The molecule has 3 heterocycles. The molecule has 0 aliphatic carbocycles. The van der Waals surface area contributed by atoms with Gasteiger partial charge < -0.3 is 24.9 Å². The SMILES string of the molecule is CNC(=O)c1cc(-c2c(C)c(Cl)cc(C(C)Nc3ncnc4[nH]cnc34)c2OC)cn1C. The smallest absolute Gasteiger partial charge is 0.267 e. The van der Waals surface area contributed by atoms with Crippen LogP contribution < -0.4 is 15.4 Å². The van der Waals surface area contributed by atoms with E-state index in [9.17, 15) is 4.79 Å². The summed E-state index contributed by atoms with van der Waals surface area (Å²) in [7, 11) is 5.06. The summed E-state index contributed by atoms with van der Waals surface area (Å²) in [4.78, 5) is 28.0. The van der Waals surface area contributed by atoms with Crippen molar-refractivity contribution in [3.8, 4) is 16.9 Å². The van der Waals surface area contributed by atoms with Gasteiger partial charge in [0.15, 0.2) is 11.5 Å². The van der Waals surface area contributed by atoms with Crippen LogP contribution in [0.2, 0.25) is 5.02 Å². The molecule has 1 aromatic carbocycles. The van der Waals surface area contributed by atoms with Crippen LogP contribution in [0, 0.1) is 6.92 Å². The van der Waals surface area contributed by atoms with Crippen LogP contribution in [0.3, 0.4) is 0 Å². The van der Waals surface area contributed by atoms with Crippen molar-refractivity contribution in [3.63, 3.8) is 0 Å². The second-order valence-electron chi connectivity index (χ2n) is 7.47. The van der Waals surface area contributed by atoms with Crippen molar-refractivity contribution in [1.82, 2.24) is 29.8 Å². The highest BCUT2D eigenvalue weighted by Gasteiger charge is 2.23. The van der Waals surface area contributed by atoms with Gasteiger partial charge in [0.2, 0.25) is 0 Å². The molecule has 4 rings (SSSR count). The van der Waals surface area contributed by atoms with Gasteiger partial charge in [-0.2, -0.15) is 0 Å². The first-order chi connectivity index (χ1) is 15.3. The number of carbonyl (C=O) groups excluding carboxylic acids is 1.